The third kappa shape index (κ3) is 2.82. The van der Waals surface area contributed by atoms with Crippen LogP contribution in [0.25, 0.3) is 33.2 Å². The predicted octanol–water partition coefficient (Wildman–Crippen LogP) is 5.59. The van der Waals surface area contributed by atoms with Crippen LogP contribution >= 0.6 is 0 Å². The van der Waals surface area contributed by atoms with Crippen LogP contribution in [0, 0.1) is 13.8 Å². The van der Waals surface area contributed by atoms with E-state index in [2.05, 4.69) is 60.4 Å². The van der Waals surface area contributed by atoms with Crippen molar-refractivity contribution in [3.8, 4) is 28.0 Å². The van der Waals surface area contributed by atoms with Crippen LogP contribution in [0.2, 0.25) is 0 Å². The zero-order valence-corrected chi connectivity index (χ0v) is 15.2. The van der Waals surface area contributed by atoms with Crippen molar-refractivity contribution in [3.63, 3.8) is 0 Å². The van der Waals surface area contributed by atoms with Crippen LogP contribution in [-0.4, -0.2) is 17.1 Å². The highest BCUT2D eigenvalue weighted by Gasteiger charge is 2.14. The lowest BCUT2D eigenvalue weighted by atomic mass is 9.98. The monoisotopic (exact) mass is 340 g/mol. The molecule has 2 aromatic carbocycles. The molecule has 0 atom stereocenters. The summed E-state index contributed by atoms with van der Waals surface area (Å²) in [6.45, 7) is 4.07. The second kappa shape index (κ2) is 6.60. The fourth-order valence-corrected chi connectivity index (χ4v) is 3.22. The number of hydrogen-bond acceptors (Lipinski definition) is 3. The normalized spacial score (nSPS) is 10.9. The number of fused-ring (bicyclic) bond motifs is 1. The maximum Gasteiger partial charge on any atom is 0.137 e. The lowest BCUT2D eigenvalue weighted by molar-refractivity contribution is 0.421. The van der Waals surface area contributed by atoms with Gasteiger partial charge >= 0.3 is 0 Å². The Bertz CT molecular complexity index is 1070. The molecule has 0 saturated heterocycles. The van der Waals surface area contributed by atoms with Crippen LogP contribution in [-0.2, 0) is 0 Å². The highest BCUT2D eigenvalue weighted by atomic mass is 16.5. The third-order valence-corrected chi connectivity index (χ3v) is 4.64. The molecule has 128 valence electrons. The van der Waals surface area contributed by atoms with Crippen molar-refractivity contribution >= 4 is 10.9 Å². The Morgan fingerprint density at radius 1 is 0.731 bits per heavy atom. The van der Waals surface area contributed by atoms with Crippen molar-refractivity contribution in [3.05, 3.63) is 78.2 Å². The molecular formula is C23H20N2O. The van der Waals surface area contributed by atoms with Crippen LogP contribution < -0.4 is 4.74 Å². The summed E-state index contributed by atoms with van der Waals surface area (Å²) in [6.07, 6.45) is 3.75. The summed E-state index contributed by atoms with van der Waals surface area (Å²) in [5.41, 5.74) is 7.39. The van der Waals surface area contributed by atoms with Gasteiger partial charge in [0.2, 0.25) is 0 Å². The van der Waals surface area contributed by atoms with Crippen LogP contribution in [0.15, 0.2) is 67.0 Å². The van der Waals surface area contributed by atoms with Crippen LogP contribution in [0.5, 0.6) is 5.75 Å². The molecule has 4 aromatic rings. The predicted molar refractivity (Wildman–Crippen MR) is 106 cm³/mol. The highest BCUT2D eigenvalue weighted by molar-refractivity contribution is 6.00. The zero-order valence-electron chi connectivity index (χ0n) is 15.2. The van der Waals surface area contributed by atoms with Gasteiger partial charge in [-0.15, -0.1) is 0 Å². The van der Waals surface area contributed by atoms with Gasteiger partial charge < -0.3 is 4.74 Å². The second-order valence-corrected chi connectivity index (χ2v) is 6.46. The number of aromatic nitrogens is 2. The van der Waals surface area contributed by atoms with Crippen LogP contribution in [0.4, 0.5) is 0 Å². The molecule has 26 heavy (non-hydrogen) atoms. The average Bonchev–Trinajstić information content (AvgIpc) is 2.68. The van der Waals surface area contributed by atoms with E-state index in [1.54, 1.807) is 7.11 Å². The molecule has 0 radical (unpaired) electrons. The van der Waals surface area contributed by atoms with E-state index in [0.29, 0.717) is 0 Å². The van der Waals surface area contributed by atoms with Gasteiger partial charge in [-0.05, 0) is 31.5 Å². The van der Waals surface area contributed by atoms with E-state index in [0.717, 1.165) is 44.6 Å². The Labute approximate surface area is 153 Å². The molecule has 0 saturated carbocycles. The minimum atomic E-state index is 0.828. The first-order valence-corrected chi connectivity index (χ1v) is 8.63. The van der Waals surface area contributed by atoms with Gasteiger partial charge in [-0.2, -0.15) is 0 Å². The first kappa shape index (κ1) is 16.3. The molecule has 0 aliphatic rings. The number of methoxy groups -OCH3 is 1. The Hall–Kier alpha value is -3.20. The maximum atomic E-state index is 5.79. The van der Waals surface area contributed by atoms with Gasteiger partial charge in [0.1, 0.15) is 5.75 Å². The van der Waals surface area contributed by atoms with Gasteiger partial charge in [-0.25, -0.2) is 0 Å². The molecule has 2 aromatic heterocycles. The van der Waals surface area contributed by atoms with Gasteiger partial charge in [0, 0.05) is 40.2 Å². The van der Waals surface area contributed by atoms with Crippen LogP contribution in [0.3, 0.4) is 0 Å². The standard InChI is InChI=1S/C23H20N2O/c1-15-7-10-17(11-8-15)19-5-4-6-20-22(19)25-14-21(23(20)26-3)18-12-9-16(2)24-13-18/h4-14H,1-3H3. The number of nitrogens with zero attached hydrogens (tertiary/aromatic N) is 2. The highest BCUT2D eigenvalue weighted by Crippen LogP contribution is 2.38. The van der Waals surface area contributed by atoms with E-state index >= 15 is 0 Å². The summed E-state index contributed by atoms with van der Waals surface area (Å²) in [5.74, 6) is 0.828. The van der Waals surface area contributed by atoms with E-state index in [4.69, 9.17) is 9.72 Å². The minimum Gasteiger partial charge on any atom is -0.495 e. The van der Waals surface area contributed by atoms with Gasteiger partial charge in [0.15, 0.2) is 0 Å². The lowest BCUT2D eigenvalue weighted by Gasteiger charge is -2.14. The minimum absolute atomic E-state index is 0.828. The molecule has 3 heteroatoms. The Kier molecular flexibility index (Phi) is 4.13. The van der Waals surface area contributed by atoms with Gasteiger partial charge in [-0.1, -0.05) is 48.0 Å². The second-order valence-electron chi connectivity index (χ2n) is 6.46. The van der Waals surface area contributed by atoms with Crippen molar-refractivity contribution in [1.82, 2.24) is 9.97 Å². The Morgan fingerprint density at radius 3 is 2.19 bits per heavy atom. The number of hydrogen-bond donors (Lipinski definition) is 0. The number of para-hydroxylation sites is 1. The molecule has 0 spiro atoms. The van der Waals surface area contributed by atoms with Crippen LogP contribution in [0.1, 0.15) is 11.3 Å². The summed E-state index contributed by atoms with van der Waals surface area (Å²) >= 11 is 0. The molecule has 0 unspecified atom stereocenters. The molecule has 0 amide bonds. The Balaban J connectivity index is 1.94. The number of aryl methyl sites for hydroxylation is 2. The number of benzene rings is 2. The first-order valence-electron chi connectivity index (χ1n) is 8.63. The number of rotatable bonds is 3. The quantitative estimate of drug-likeness (QED) is 0.488. The van der Waals surface area contributed by atoms with E-state index in [1.807, 2.05) is 25.4 Å². The summed E-state index contributed by atoms with van der Waals surface area (Å²) in [7, 11) is 1.71. The molecule has 4 rings (SSSR count). The SMILES string of the molecule is COc1c(-c2ccc(C)nc2)cnc2c(-c3ccc(C)cc3)cccc12. The first-order chi connectivity index (χ1) is 12.7. The van der Waals surface area contributed by atoms with Crippen molar-refractivity contribution in [2.75, 3.05) is 7.11 Å². The van der Waals surface area contributed by atoms with Crippen molar-refractivity contribution in [2.45, 2.75) is 13.8 Å². The van der Waals surface area contributed by atoms with Crippen molar-refractivity contribution < 1.29 is 4.74 Å². The number of ether oxygens (including phenoxy) is 1. The smallest absolute Gasteiger partial charge is 0.137 e. The summed E-state index contributed by atoms with van der Waals surface area (Å²) in [6, 6.07) is 18.8. The zero-order chi connectivity index (χ0) is 18.1. The topological polar surface area (TPSA) is 35.0 Å². The van der Waals surface area contributed by atoms with E-state index in [1.165, 1.54) is 5.56 Å². The number of pyridine rings is 2. The summed E-state index contributed by atoms with van der Waals surface area (Å²) in [5, 5.41) is 1.00. The lowest BCUT2D eigenvalue weighted by Crippen LogP contribution is -1.94. The molecular weight excluding hydrogens is 320 g/mol. The maximum absolute atomic E-state index is 5.79. The molecule has 0 fully saturated rings. The van der Waals surface area contributed by atoms with E-state index in [-0.39, 0.29) is 0 Å². The molecule has 0 aliphatic heterocycles. The molecule has 3 nitrogen and oxygen atoms in total. The van der Waals surface area contributed by atoms with E-state index in [9.17, 15) is 0 Å². The average molecular weight is 340 g/mol. The third-order valence-electron chi connectivity index (χ3n) is 4.64. The van der Waals surface area contributed by atoms with Crippen molar-refractivity contribution in [1.29, 1.82) is 0 Å². The fourth-order valence-electron chi connectivity index (χ4n) is 3.22. The van der Waals surface area contributed by atoms with Crippen molar-refractivity contribution in [2.24, 2.45) is 0 Å². The largest absolute Gasteiger partial charge is 0.495 e. The summed E-state index contributed by atoms with van der Waals surface area (Å²) < 4.78 is 5.79. The van der Waals surface area contributed by atoms with E-state index < -0.39 is 0 Å². The fraction of sp³-hybridized carbons (Fsp3) is 0.130. The molecule has 0 bridgehead atoms. The van der Waals surface area contributed by atoms with Gasteiger partial charge in [0.25, 0.3) is 0 Å². The van der Waals surface area contributed by atoms with Gasteiger partial charge in [-0.3, -0.25) is 9.97 Å². The summed E-state index contributed by atoms with van der Waals surface area (Å²) in [4.78, 5) is 9.18. The van der Waals surface area contributed by atoms with Gasteiger partial charge in [0.05, 0.1) is 12.6 Å². The molecule has 0 N–H and O–H groups in total. The Morgan fingerprint density at radius 2 is 1.50 bits per heavy atom. The molecule has 0 aliphatic carbocycles. The molecule has 2 heterocycles.